The first-order valence-corrected chi connectivity index (χ1v) is 5.42. The Balaban J connectivity index is 4.09. The Morgan fingerprint density at radius 2 is 1.94 bits per heavy atom. The highest BCUT2D eigenvalue weighted by atomic mass is 16.7. The summed E-state index contributed by atoms with van der Waals surface area (Å²) < 4.78 is 9.39. The Hall–Kier alpha value is -1.36. The van der Waals surface area contributed by atoms with E-state index in [0.29, 0.717) is 6.42 Å². The van der Waals surface area contributed by atoms with Gasteiger partial charge in [0.1, 0.15) is 0 Å². The van der Waals surface area contributed by atoms with Gasteiger partial charge in [-0.25, -0.2) is 4.79 Å². The first-order valence-electron chi connectivity index (χ1n) is 5.42. The fourth-order valence-corrected chi connectivity index (χ4v) is 0.745. The molecule has 0 heterocycles. The minimum absolute atomic E-state index is 0.171. The van der Waals surface area contributed by atoms with E-state index in [0.717, 1.165) is 0 Å². The highest BCUT2D eigenvalue weighted by Crippen LogP contribution is 2.21. The van der Waals surface area contributed by atoms with Crippen LogP contribution < -0.4 is 0 Å². The molecule has 0 aromatic carbocycles. The maximum Gasteiger partial charge on any atom is 0.335 e. The molecule has 1 unspecified atom stereocenters. The van der Waals surface area contributed by atoms with E-state index < -0.39 is 23.6 Å². The molecule has 98 valence electrons. The van der Waals surface area contributed by atoms with Crippen LogP contribution in [0.2, 0.25) is 0 Å². The number of esters is 2. The van der Waals surface area contributed by atoms with Gasteiger partial charge < -0.3 is 14.6 Å². The van der Waals surface area contributed by atoms with Gasteiger partial charge in [-0.05, 0) is 27.2 Å². The predicted octanol–water partition coefficient (Wildman–Crippen LogP) is 1.40. The van der Waals surface area contributed by atoms with E-state index in [1.165, 1.54) is 6.92 Å². The fourth-order valence-electron chi connectivity index (χ4n) is 0.745. The summed E-state index contributed by atoms with van der Waals surface area (Å²) in [5.74, 6) is -1.16. The average Bonchev–Trinajstić information content (AvgIpc) is 2.25. The number of rotatable bonds is 6. The van der Waals surface area contributed by atoms with Gasteiger partial charge in [0.05, 0.1) is 5.41 Å². The van der Waals surface area contributed by atoms with Crippen molar-refractivity contribution in [3.63, 3.8) is 0 Å². The first kappa shape index (κ1) is 15.6. The molecule has 0 fully saturated rings. The van der Waals surface area contributed by atoms with Gasteiger partial charge in [0.15, 0.2) is 6.61 Å². The normalized spacial score (nSPS) is 12.8. The lowest BCUT2D eigenvalue weighted by Crippen LogP contribution is -2.31. The second kappa shape index (κ2) is 6.39. The monoisotopic (exact) mass is 244 g/mol. The van der Waals surface area contributed by atoms with Crippen molar-refractivity contribution < 1.29 is 24.2 Å². The van der Waals surface area contributed by atoms with Gasteiger partial charge in [0, 0.05) is 5.57 Å². The summed E-state index contributed by atoms with van der Waals surface area (Å²) in [5.41, 5.74) is -0.442. The highest BCUT2D eigenvalue weighted by Gasteiger charge is 2.28. The lowest BCUT2D eigenvalue weighted by atomic mass is 9.91. The molecule has 0 aliphatic carbocycles. The summed E-state index contributed by atoms with van der Waals surface area (Å²) in [7, 11) is 0. The van der Waals surface area contributed by atoms with Crippen LogP contribution in [0.3, 0.4) is 0 Å². The SMILES string of the molecule is C=C(C)C(=O)OC(O)COC(=O)C(C)(C)CC. The number of carbonyl (C=O) groups is 2. The molecule has 0 rings (SSSR count). The van der Waals surface area contributed by atoms with Gasteiger partial charge in [-0.3, -0.25) is 4.79 Å². The summed E-state index contributed by atoms with van der Waals surface area (Å²) >= 11 is 0. The lowest BCUT2D eigenvalue weighted by Gasteiger charge is -2.21. The minimum Gasteiger partial charge on any atom is -0.459 e. The third-order valence-electron chi connectivity index (χ3n) is 2.39. The third-order valence-corrected chi connectivity index (χ3v) is 2.39. The van der Waals surface area contributed by atoms with Gasteiger partial charge in [0.2, 0.25) is 6.29 Å². The number of hydrogen-bond donors (Lipinski definition) is 1. The molecule has 0 aliphatic rings. The quantitative estimate of drug-likeness (QED) is 0.434. The summed E-state index contributed by atoms with van der Waals surface area (Å²) in [5, 5.41) is 9.29. The molecule has 1 N–H and O–H groups in total. The van der Waals surface area contributed by atoms with Gasteiger partial charge in [-0.15, -0.1) is 0 Å². The van der Waals surface area contributed by atoms with E-state index in [1.54, 1.807) is 13.8 Å². The molecule has 17 heavy (non-hydrogen) atoms. The van der Waals surface area contributed by atoms with Crippen LogP contribution in [0.25, 0.3) is 0 Å². The minimum atomic E-state index is -1.46. The van der Waals surface area contributed by atoms with Crippen molar-refractivity contribution in [1.29, 1.82) is 0 Å². The number of hydrogen-bond acceptors (Lipinski definition) is 5. The summed E-state index contributed by atoms with van der Waals surface area (Å²) in [6.45, 7) is 9.78. The molecule has 0 radical (unpaired) electrons. The van der Waals surface area contributed by atoms with Gasteiger partial charge in [-0.2, -0.15) is 0 Å². The van der Waals surface area contributed by atoms with E-state index in [2.05, 4.69) is 11.3 Å². The molecule has 1 atom stereocenters. The zero-order chi connectivity index (χ0) is 13.6. The topological polar surface area (TPSA) is 72.8 Å². The van der Waals surface area contributed by atoms with Crippen LogP contribution in [-0.2, 0) is 19.1 Å². The van der Waals surface area contributed by atoms with Crippen LogP contribution in [0.5, 0.6) is 0 Å². The second-order valence-electron chi connectivity index (χ2n) is 4.48. The molecule has 0 saturated carbocycles. The molecule has 0 aromatic heterocycles. The molecule has 5 heteroatoms. The molecular weight excluding hydrogens is 224 g/mol. The molecule has 0 bridgehead atoms. The zero-order valence-corrected chi connectivity index (χ0v) is 10.8. The van der Waals surface area contributed by atoms with Gasteiger partial charge in [-0.1, -0.05) is 13.5 Å². The van der Waals surface area contributed by atoms with Crippen molar-refractivity contribution in [1.82, 2.24) is 0 Å². The molecule has 0 spiro atoms. The third kappa shape index (κ3) is 5.49. The number of aliphatic hydroxyl groups excluding tert-OH is 1. The van der Waals surface area contributed by atoms with Crippen molar-refractivity contribution in [2.45, 2.75) is 40.4 Å². The molecular formula is C12H20O5. The van der Waals surface area contributed by atoms with Crippen LogP contribution in [0, 0.1) is 5.41 Å². The zero-order valence-electron chi connectivity index (χ0n) is 10.8. The lowest BCUT2D eigenvalue weighted by molar-refractivity contribution is -0.182. The Kier molecular flexibility index (Phi) is 5.88. The molecule has 0 aromatic rings. The Morgan fingerprint density at radius 1 is 1.41 bits per heavy atom. The van der Waals surface area contributed by atoms with Crippen molar-refractivity contribution >= 4 is 11.9 Å². The average molecular weight is 244 g/mol. The van der Waals surface area contributed by atoms with Crippen LogP contribution in [0.4, 0.5) is 0 Å². The van der Waals surface area contributed by atoms with Crippen molar-refractivity contribution in [2.75, 3.05) is 6.61 Å². The Labute approximate surface area is 101 Å². The Morgan fingerprint density at radius 3 is 2.35 bits per heavy atom. The first-order chi connectivity index (χ1) is 7.70. The van der Waals surface area contributed by atoms with E-state index in [-0.39, 0.29) is 12.2 Å². The second-order valence-corrected chi connectivity index (χ2v) is 4.48. The maximum absolute atomic E-state index is 11.5. The summed E-state index contributed by atoms with van der Waals surface area (Å²) in [6, 6.07) is 0. The van der Waals surface area contributed by atoms with Gasteiger partial charge >= 0.3 is 11.9 Å². The maximum atomic E-state index is 11.5. The number of aliphatic hydroxyl groups is 1. The summed E-state index contributed by atoms with van der Waals surface area (Å²) in [6.07, 6.45) is -0.844. The van der Waals surface area contributed by atoms with Crippen molar-refractivity contribution in [3.05, 3.63) is 12.2 Å². The molecule has 0 amide bonds. The largest absolute Gasteiger partial charge is 0.459 e. The van der Waals surface area contributed by atoms with Crippen LogP contribution in [0.15, 0.2) is 12.2 Å². The standard InChI is InChI=1S/C12H20O5/c1-6-12(4,5)11(15)16-7-9(13)17-10(14)8(2)3/h9,13H,2,6-7H2,1,3-5H3. The molecule has 0 saturated heterocycles. The van der Waals surface area contributed by atoms with Crippen LogP contribution in [-0.4, -0.2) is 29.9 Å². The summed E-state index contributed by atoms with van der Waals surface area (Å²) in [4.78, 5) is 22.6. The Bertz CT molecular complexity index is 306. The highest BCUT2D eigenvalue weighted by molar-refractivity contribution is 5.87. The smallest absolute Gasteiger partial charge is 0.335 e. The number of carbonyl (C=O) groups excluding carboxylic acids is 2. The molecule has 0 aliphatic heterocycles. The van der Waals surface area contributed by atoms with Crippen molar-refractivity contribution in [2.24, 2.45) is 5.41 Å². The van der Waals surface area contributed by atoms with Crippen LogP contribution in [0.1, 0.15) is 34.1 Å². The van der Waals surface area contributed by atoms with Crippen LogP contribution >= 0.6 is 0 Å². The van der Waals surface area contributed by atoms with Crippen molar-refractivity contribution in [3.8, 4) is 0 Å². The van der Waals surface area contributed by atoms with E-state index in [9.17, 15) is 14.7 Å². The fraction of sp³-hybridized carbons (Fsp3) is 0.667. The number of ether oxygens (including phenoxy) is 2. The van der Waals surface area contributed by atoms with E-state index >= 15 is 0 Å². The van der Waals surface area contributed by atoms with E-state index in [4.69, 9.17) is 4.74 Å². The van der Waals surface area contributed by atoms with Gasteiger partial charge in [0.25, 0.3) is 0 Å². The van der Waals surface area contributed by atoms with E-state index in [1.807, 2.05) is 6.92 Å². The predicted molar refractivity (Wildman–Crippen MR) is 61.9 cm³/mol. The molecule has 5 nitrogen and oxygen atoms in total.